The number of aryl methyl sites for hydroxylation is 1. The number of methoxy groups -OCH3 is 1. The number of carbonyl (C=O) groups is 4. The van der Waals surface area contributed by atoms with E-state index in [4.69, 9.17) is 23.7 Å². The van der Waals surface area contributed by atoms with Gasteiger partial charge in [0, 0.05) is 24.1 Å². The number of hydrogen-bond donors (Lipinski definition) is 0. The zero-order chi connectivity index (χ0) is 36.0. The largest absolute Gasteiger partial charge is 0.497 e. The van der Waals surface area contributed by atoms with Crippen molar-refractivity contribution in [3.05, 3.63) is 146 Å². The van der Waals surface area contributed by atoms with Crippen LogP contribution in [0, 0.1) is 5.82 Å². The third kappa shape index (κ3) is 9.71. The molecule has 0 spiro atoms. The van der Waals surface area contributed by atoms with E-state index in [9.17, 15) is 14.4 Å². The van der Waals surface area contributed by atoms with Crippen LogP contribution in [0.1, 0.15) is 12.0 Å². The number of halogens is 1. The zero-order valence-electron chi connectivity index (χ0n) is 27.2. The van der Waals surface area contributed by atoms with Crippen molar-refractivity contribution in [3.8, 4) is 45.3 Å². The molecule has 0 heterocycles. The molecule has 8 nitrogen and oxygen atoms in total. The van der Waals surface area contributed by atoms with Gasteiger partial charge in [-0.25, -0.2) is 14.0 Å². The van der Waals surface area contributed by atoms with Crippen LogP contribution in [0.4, 0.5) is 4.39 Å². The van der Waals surface area contributed by atoms with Crippen LogP contribution in [0.5, 0.6) is 23.0 Å². The Kier molecular flexibility index (Phi) is 12.7. The van der Waals surface area contributed by atoms with Crippen molar-refractivity contribution in [2.45, 2.75) is 12.8 Å². The summed E-state index contributed by atoms with van der Waals surface area (Å²) in [6.45, 7) is 9.81. The van der Waals surface area contributed by atoms with Crippen molar-refractivity contribution in [1.82, 2.24) is 0 Å². The van der Waals surface area contributed by atoms with Crippen LogP contribution < -0.4 is 18.9 Å². The summed E-state index contributed by atoms with van der Waals surface area (Å²) in [6.07, 6.45) is 4.06. The maximum Gasteiger partial charge on any atom is 0.335 e. The maximum atomic E-state index is 15.3. The zero-order valence-corrected chi connectivity index (χ0v) is 27.2. The second-order valence-electron chi connectivity index (χ2n) is 10.5. The SMILES string of the molecule is C=CC(=O)Oc1ccc(CCC(=O)Oc2ccc(-c3ccc(-c4ccc5cc(OC)ccc5c4)cc3F)cc2)cc1OC(=O)C=C.C=CC=O. The summed E-state index contributed by atoms with van der Waals surface area (Å²) < 4.78 is 36.3. The Bertz CT molecular complexity index is 2060. The molecule has 5 aromatic rings. The first-order valence-corrected chi connectivity index (χ1v) is 15.2. The highest BCUT2D eigenvalue weighted by Gasteiger charge is 2.15. The van der Waals surface area contributed by atoms with Crippen molar-refractivity contribution in [3.63, 3.8) is 0 Å². The number of hydrogen-bond acceptors (Lipinski definition) is 8. The van der Waals surface area contributed by atoms with Crippen molar-refractivity contribution in [2.24, 2.45) is 0 Å². The lowest BCUT2D eigenvalue weighted by molar-refractivity contribution is -0.134. The first-order valence-electron chi connectivity index (χ1n) is 15.2. The highest BCUT2D eigenvalue weighted by molar-refractivity contribution is 5.89. The van der Waals surface area contributed by atoms with Crippen LogP contribution in [-0.4, -0.2) is 31.3 Å². The van der Waals surface area contributed by atoms with Gasteiger partial charge < -0.3 is 18.9 Å². The Hall–Kier alpha value is -6.61. The van der Waals surface area contributed by atoms with Gasteiger partial charge in [0.05, 0.1) is 7.11 Å². The van der Waals surface area contributed by atoms with Crippen LogP contribution in [-0.2, 0) is 25.6 Å². The number of benzene rings is 5. The molecular weight excluding hydrogens is 639 g/mol. The average Bonchev–Trinajstić information content (AvgIpc) is 3.14. The molecule has 5 rings (SSSR count). The molecule has 9 heteroatoms. The molecule has 0 aromatic heterocycles. The average molecular weight is 673 g/mol. The highest BCUT2D eigenvalue weighted by Crippen LogP contribution is 2.32. The molecule has 0 radical (unpaired) electrons. The van der Waals surface area contributed by atoms with Gasteiger partial charge >= 0.3 is 17.9 Å². The molecular formula is C41H33FO8. The Labute approximate surface area is 288 Å². The third-order valence-corrected chi connectivity index (χ3v) is 7.22. The minimum absolute atomic E-state index is 0.000120. The molecule has 0 bridgehead atoms. The fourth-order valence-electron chi connectivity index (χ4n) is 4.76. The fraction of sp³-hybridized carbons (Fsp3) is 0.0732. The topological polar surface area (TPSA) is 105 Å². The minimum atomic E-state index is -0.738. The van der Waals surface area contributed by atoms with Crippen molar-refractivity contribution >= 4 is 35.0 Å². The highest BCUT2D eigenvalue weighted by atomic mass is 19.1. The lowest BCUT2D eigenvalue weighted by atomic mass is 9.97. The Morgan fingerprint density at radius 1 is 0.660 bits per heavy atom. The molecule has 0 N–H and O–H groups in total. The summed E-state index contributed by atoms with van der Waals surface area (Å²) in [7, 11) is 1.63. The van der Waals surface area contributed by atoms with E-state index >= 15 is 4.39 Å². The monoisotopic (exact) mass is 672 g/mol. The van der Waals surface area contributed by atoms with Gasteiger partial charge in [-0.3, -0.25) is 9.59 Å². The van der Waals surface area contributed by atoms with Crippen LogP contribution >= 0.6 is 0 Å². The van der Waals surface area contributed by atoms with Gasteiger partial charge in [0.2, 0.25) is 0 Å². The summed E-state index contributed by atoms with van der Waals surface area (Å²) >= 11 is 0. The molecule has 0 atom stereocenters. The number of ether oxygens (including phenoxy) is 4. The van der Waals surface area contributed by atoms with E-state index in [0.29, 0.717) is 28.7 Å². The van der Waals surface area contributed by atoms with Crippen molar-refractivity contribution in [2.75, 3.05) is 7.11 Å². The van der Waals surface area contributed by atoms with Crippen molar-refractivity contribution < 1.29 is 42.5 Å². The number of rotatable bonds is 12. The van der Waals surface area contributed by atoms with Crippen LogP contribution in [0.2, 0.25) is 0 Å². The van der Waals surface area contributed by atoms with E-state index in [2.05, 4.69) is 19.7 Å². The minimum Gasteiger partial charge on any atom is -0.497 e. The lowest BCUT2D eigenvalue weighted by Crippen LogP contribution is -2.10. The second kappa shape index (κ2) is 17.5. The number of allylic oxidation sites excluding steroid dienone is 1. The Morgan fingerprint density at radius 2 is 1.24 bits per heavy atom. The molecule has 0 saturated heterocycles. The predicted octanol–water partition coefficient (Wildman–Crippen LogP) is 8.41. The molecule has 50 heavy (non-hydrogen) atoms. The maximum absolute atomic E-state index is 15.3. The van der Waals surface area contributed by atoms with Gasteiger partial charge in [-0.15, -0.1) is 0 Å². The van der Waals surface area contributed by atoms with Gasteiger partial charge in [-0.05, 0) is 94.1 Å². The van der Waals surface area contributed by atoms with E-state index in [0.717, 1.165) is 39.8 Å². The van der Waals surface area contributed by atoms with Gasteiger partial charge in [0.15, 0.2) is 11.5 Å². The standard InChI is InChI=1S/C38H29FO7.C3H4O/c1-4-36(40)45-34-18-6-24(20-35(34)46-37(41)5-2)7-19-38(42)44-30-14-10-25(11-15-30)32-17-13-29(23-33(32)39)26-8-9-28-22-31(43-3)16-12-27(28)21-26;1-2-3-4/h4-6,8-18,20-23H,1-2,7,19H2,3H3;2-3H,1H2. The third-order valence-electron chi connectivity index (χ3n) is 7.22. The molecule has 0 fully saturated rings. The molecule has 0 aliphatic carbocycles. The van der Waals surface area contributed by atoms with Gasteiger partial charge in [0.1, 0.15) is 23.6 Å². The van der Waals surface area contributed by atoms with E-state index in [1.165, 1.54) is 24.3 Å². The van der Waals surface area contributed by atoms with Crippen molar-refractivity contribution in [1.29, 1.82) is 0 Å². The van der Waals surface area contributed by atoms with E-state index in [-0.39, 0.29) is 30.2 Å². The predicted molar refractivity (Wildman–Crippen MR) is 190 cm³/mol. The summed E-state index contributed by atoms with van der Waals surface area (Å²) in [4.78, 5) is 45.0. The fourth-order valence-corrected chi connectivity index (χ4v) is 4.76. The van der Waals surface area contributed by atoms with Gasteiger partial charge in [-0.1, -0.05) is 68.3 Å². The van der Waals surface area contributed by atoms with E-state index < -0.39 is 17.9 Å². The smallest absolute Gasteiger partial charge is 0.335 e. The van der Waals surface area contributed by atoms with Gasteiger partial charge in [-0.2, -0.15) is 0 Å². The molecule has 0 amide bonds. The molecule has 0 saturated carbocycles. The number of aldehydes is 1. The Morgan fingerprint density at radius 3 is 1.88 bits per heavy atom. The normalized spacial score (nSPS) is 10.1. The van der Waals surface area contributed by atoms with Crippen LogP contribution in [0.15, 0.2) is 135 Å². The quantitative estimate of drug-likeness (QED) is 0.0563. The first kappa shape index (κ1) is 36.2. The second-order valence-corrected chi connectivity index (χ2v) is 10.5. The number of fused-ring (bicyclic) bond motifs is 1. The molecule has 5 aromatic carbocycles. The summed E-state index contributed by atoms with van der Waals surface area (Å²) in [5.41, 5.74) is 3.34. The summed E-state index contributed by atoms with van der Waals surface area (Å²) in [5.74, 6) is -1.22. The number of esters is 3. The summed E-state index contributed by atoms with van der Waals surface area (Å²) in [5, 5.41) is 2.06. The lowest BCUT2D eigenvalue weighted by Gasteiger charge is -2.11. The molecule has 252 valence electrons. The molecule has 0 unspecified atom stereocenters. The van der Waals surface area contributed by atoms with E-state index in [1.807, 2.05) is 42.5 Å². The van der Waals surface area contributed by atoms with Gasteiger partial charge in [0.25, 0.3) is 0 Å². The number of carbonyl (C=O) groups excluding carboxylic acids is 4. The first-order chi connectivity index (χ1) is 24.2. The summed E-state index contributed by atoms with van der Waals surface area (Å²) in [6, 6.07) is 28.0. The van der Waals surface area contributed by atoms with Crippen LogP contribution in [0.25, 0.3) is 33.0 Å². The van der Waals surface area contributed by atoms with E-state index in [1.54, 1.807) is 43.5 Å². The molecule has 0 aliphatic heterocycles. The van der Waals surface area contributed by atoms with Crippen LogP contribution in [0.3, 0.4) is 0 Å². The molecule has 0 aliphatic rings. The Balaban J connectivity index is 0.00000133.